The number of amides is 1. The standard InChI is InChI=1S/C19H24N2O3/c20-19(23)15-8-10-21(11-9-15)12-16(22)13-24-18-7-3-5-14-4-1-2-6-17(14)18/h1-7,15-16,22H,8-13H2,(H2,20,23)/p+1/t16-/m1/s1. The molecular formula is C19H25N2O3+. The summed E-state index contributed by atoms with van der Waals surface area (Å²) in [5.41, 5.74) is 5.35. The Balaban J connectivity index is 1.51. The second-order valence-electron chi connectivity index (χ2n) is 6.57. The molecule has 0 aromatic heterocycles. The topological polar surface area (TPSA) is 77.0 Å². The summed E-state index contributed by atoms with van der Waals surface area (Å²) in [5, 5.41) is 12.5. The maximum Gasteiger partial charge on any atom is 0.220 e. The Hall–Kier alpha value is -2.11. The molecule has 2 aromatic rings. The first-order valence-corrected chi connectivity index (χ1v) is 8.55. The van der Waals surface area contributed by atoms with E-state index in [9.17, 15) is 9.90 Å². The van der Waals surface area contributed by atoms with Crippen LogP contribution in [0.4, 0.5) is 0 Å². The third-order valence-electron chi connectivity index (χ3n) is 4.80. The molecule has 0 radical (unpaired) electrons. The average molecular weight is 329 g/mol. The van der Waals surface area contributed by atoms with Gasteiger partial charge in [-0.2, -0.15) is 0 Å². The number of carbonyl (C=O) groups is 1. The number of likely N-dealkylation sites (tertiary alicyclic amines) is 1. The molecule has 5 nitrogen and oxygen atoms in total. The fourth-order valence-corrected chi connectivity index (χ4v) is 3.41. The van der Waals surface area contributed by atoms with Crippen LogP contribution in [-0.2, 0) is 4.79 Å². The maximum absolute atomic E-state index is 11.2. The van der Waals surface area contributed by atoms with Gasteiger partial charge in [0.2, 0.25) is 5.91 Å². The van der Waals surface area contributed by atoms with E-state index in [-0.39, 0.29) is 18.4 Å². The van der Waals surface area contributed by atoms with Crippen molar-refractivity contribution in [3.63, 3.8) is 0 Å². The Morgan fingerprint density at radius 2 is 1.92 bits per heavy atom. The highest BCUT2D eigenvalue weighted by atomic mass is 16.5. The van der Waals surface area contributed by atoms with E-state index in [1.807, 2.05) is 42.5 Å². The molecule has 1 fully saturated rings. The van der Waals surface area contributed by atoms with E-state index in [2.05, 4.69) is 0 Å². The fraction of sp³-hybridized carbons (Fsp3) is 0.421. The number of rotatable bonds is 6. The summed E-state index contributed by atoms with van der Waals surface area (Å²) >= 11 is 0. The minimum absolute atomic E-state index is 0.00201. The predicted molar refractivity (Wildman–Crippen MR) is 92.9 cm³/mol. The lowest BCUT2D eigenvalue weighted by molar-refractivity contribution is -0.908. The smallest absolute Gasteiger partial charge is 0.220 e. The number of benzene rings is 2. The predicted octanol–water partition coefficient (Wildman–Crippen LogP) is 0.360. The quantitative estimate of drug-likeness (QED) is 0.716. The van der Waals surface area contributed by atoms with Crippen LogP contribution in [0.3, 0.4) is 0 Å². The number of quaternary nitrogens is 1. The molecule has 0 unspecified atom stereocenters. The molecule has 0 aliphatic carbocycles. The molecule has 24 heavy (non-hydrogen) atoms. The van der Waals surface area contributed by atoms with Crippen LogP contribution >= 0.6 is 0 Å². The largest absolute Gasteiger partial charge is 0.490 e. The van der Waals surface area contributed by atoms with Crippen LogP contribution in [0.25, 0.3) is 10.8 Å². The van der Waals surface area contributed by atoms with Gasteiger partial charge in [-0.25, -0.2) is 0 Å². The number of piperidine rings is 1. The van der Waals surface area contributed by atoms with Gasteiger partial charge in [0.15, 0.2) is 0 Å². The summed E-state index contributed by atoms with van der Waals surface area (Å²) in [6, 6.07) is 14.0. The van der Waals surface area contributed by atoms with Crippen LogP contribution in [-0.4, -0.2) is 43.4 Å². The van der Waals surface area contributed by atoms with E-state index >= 15 is 0 Å². The summed E-state index contributed by atoms with van der Waals surface area (Å²) < 4.78 is 5.84. The van der Waals surface area contributed by atoms with Crippen molar-refractivity contribution < 1.29 is 19.5 Å². The zero-order valence-corrected chi connectivity index (χ0v) is 13.8. The first-order valence-electron chi connectivity index (χ1n) is 8.55. The Morgan fingerprint density at radius 1 is 1.21 bits per heavy atom. The molecule has 1 heterocycles. The second-order valence-corrected chi connectivity index (χ2v) is 6.57. The Kier molecular flexibility index (Phi) is 5.33. The first-order chi connectivity index (χ1) is 11.6. The van der Waals surface area contributed by atoms with Crippen molar-refractivity contribution in [3.8, 4) is 5.75 Å². The molecular weight excluding hydrogens is 304 g/mol. The lowest BCUT2D eigenvalue weighted by atomic mass is 9.96. The Labute approximate surface area is 142 Å². The van der Waals surface area contributed by atoms with Crippen molar-refractivity contribution in [2.45, 2.75) is 18.9 Å². The van der Waals surface area contributed by atoms with Gasteiger partial charge >= 0.3 is 0 Å². The minimum atomic E-state index is -0.524. The molecule has 3 rings (SSSR count). The van der Waals surface area contributed by atoms with Crippen molar-refractivity contribution >= 4 is 16.7 Å². The van der Waals surface area contributed by atoms with Crippen LogP contribution in [0, 0.1) is 5.92 Å². The van der Waals surface area contributed by atoms with Gasteiger partial charge in [-0.3, -0.25) is 4.79 Å². The highest BCUT2D eigenvalue weighted by Crippen LogP contribution is 2.25. The maximum atomic E-state index is 11.2. The SMILES string of the molecule is NC(=O)C1CC[NH+](C[C@@H](O)COc2cccc3ccccc23)CC1. The molecule has 1 amide bonds. The van der Waals surface area contributed by atoms with Gasteiger partial charge in [-0.1, -0.05) is 36.4 Å². The summed E-state index contributed by atoms with van der Waals surface area (Å²) in [5.74, 6) is 0.598. The second kappa shape index (κ2) is 7.64. The van der Waals surface area contributed by atoms with Crippen molar-refractivity contribution in [2.24, 2.45) is 11.7 Å². The highest BCUT2D eigenvalue weighted by Gasteiger charge is 2.27. The van der Waals surface area contributed by atoms with Crippen LogP contribution in [0.15, 0.2) is 42.5 Å². The van der Waals surface area contributed by atoms with Crippen LogP contribution in [0.2, 0.25) is 0 Å². The molecule has 128 valence electrons. The van der Waals surface area contributed by atoms with Crippen LogP contribution < -0.4 is 15.4 Å². The van der Waals surface area contributed by atoms with E-state index in [1.54, 1.807) is 0 Å². The summed E-state index contributed by atoms with van der Waals surface area (Å²) in [7, 11) is 0. The Morgan fingerprint density at radius 3 is 2.67 bits per heavy atom. The summed E-state index contributed by atoms with van der Waals surface area (Å²) in [6.07, 6.45) is 1.09. The molecule has 1 aliphatic rings. The lowest BCUT2D eigenvalue weighted by Crippen LogP contribution is -3.14. The van der Waals surface area contributed by atoms with E-state index in [1.165, 1.54) is 4.90 Å². The van der Waals surface area contributed by atoms with Crippen LogP contribution in [0.5, 0.6) is 5.75 Å². The van der Waals surface area contributed by atoms with Gasteiger partial charge in [-0.15, -0.1) is 0 Å². The van der Waals surface area contributed by atoms with E-state index < -0.39 is 6.10 Å². The molecule has 1 saturated heterocycles. The number of primary amides is 1. The number of carbonyl (C=O) groups excluding carboxylic acids is 1. The number of aliphatic hydroxyl groups is 1. The summed E-state index contributed by atoms with van der Waals surface area (Å²) in [6.45, 7) is 2.66. The lowest BCUT2D eigenvalue weighted by Gasteiger charge is -2.29. The highest BCUT2D eigenvalue weighted by molar-refractivity contribution is 5.88. The summed E-state index contributed by atoms with van der Waals surface area (Å²) in [4.78, 5) is 12.5. The zero-order chi connectivity index (χ0) is 16.9. The number of ether oxygens (including phenoxy) is 1. The molecule has 0 saturated carbocycles. The van der Waals surface area contributed by atoms with Gasteiger partial charge in [-0.05, 0) is 11.5 Å². The number of hydrogen-bond donors (Lipinski definition) is 3. The van der Waals surface area contributed by atoms with Crippen molar-refractivity contribution in [2.75, 3.05) is 26.2 Å². The van der Waals surface area contributed by atoms with Gasteiger partial charge in [0.1, 0.15) is 25.0 Å². The molecule has 0 bridgehead atoms. The normalized spacial score (nSPS) is 22.2. The zero-order valence-electron chi connectivity index (χ0n) is 13.8. The number of nitrogens with two attached hydrogens (primary N) is 1. The molecule has 5 heteroatoms. The van der Waals surface area contributed by atoms with Gasteiger partial charge in [0, 0.05) is 24.1 Å². The van der Waals surface area contributed by atoms with Gasteiger partial charge in [0.05, 0.1) is 13.1 Å². The number of fused-ring (bicyclic) bond motifs is 1. The molecule has 0 spiro atoms. The minimum Gasteiger partial charge on any atom is -0.490 e. The monoisotopic (exact) mass is 329 g/mol. The molecule has 2 aromatic carbocycles. The van der Waals surface area contributed by atoms with Crippen molar-refractivity contribution in [1.29, 1.82) is 0 Å². The fourth-order valence-electron chi connectivity index (χ4n) is 3.41. The molecule has 1 atom stereocenters. The van der Waals surface area contributed by atoms with Crippen molar-refractivity contribution in [1.82, 2.24) is 0 Å². The van der Waals surface area contributed by atoms with E-state index in [0.717, 1.165) is 42.5 Å². The third kappa shape index (κ3) is 4.04. The van der Waals surface area contributed by atoms with E-state index in [4.69, 9.17) is 10.5 Å². The van der Waals surface area contributed by atoms with Gasteiger partial charge in [0.25, 0.3) is 0 Å². The first kappa shape index (κ1) is 16.7. The average Bonchev–Trinajstić information content (AvgIpc) is 2.60. The molecule has 4 N–H and O–H groups in total. The number of hydrogen-bond acceptors (Lipinski definition) is 3. The van der Waals surface area contributed by atoms with E-state index in [0.29, 0.717) is 6.54 Å². The van der Waals surface area contributed by atoms with Crippen molar-refractivity contribution in [3.05, 3.63) is 42.5 Å². The third-order valence-corrected chi connectivity index (χ3v) is 4.80. The van der Waals surface area contributed by atoms with Crippen LogP contribution in [0.1, 0.15) is 12.8 Å². The number of aliphatic hydroxyl groups excluding tert-OH is 1. The van der Waals surface area contributed by atoms with Gasteiger partial charge < -0.3 is 20.5 Å². The number of nitrogens with one attached hydrogen (secondary N) is 1. The Bertz CT molecular complexity index is 691. The molecule has 1 aliphatic heterocycles.